The van der Waals surface area contributed by atoms with Crippen LogP contribution in [-0.4, -0.2) is 28.4 Å². The van der Waals surface area contributed by atoms with E-state index in [9.17, 15) is 5.11 Å². The van der Waals surface area contributed by atoms with Crippen LogP contribution in [0.4, 0.5) is 0 Å². The van der Waals surface area contributed by atoms with Gasteiger partial charge in [-0.1, -0.05) is 12.7 Å². The van der Waals surface area contributed by atoms with Crippen molar-refractivity contribution in [2.24, 2.45) is 0 Å². The number of pyridine rings is 1. The zero-order valence-corrected chi connectivity index (χ0v) is 11.2. The molecule has 1 saturated heterocycles. The number of nitrogens with zero attached hydrogens (tertiary/aromatic N) is 1. The summed E-state index contributed by atoms with van der Waals surface area (Å²) in [6, 6.07) is 0. The third kappa shape index (κ3) is 1.93. The van der Waals surface area contributed by atoms with Crippen molar-refractivity contribution in [1.82, 2.24) is 4.98 Å². The van der Waals surface area contributed by atoms with E-state index in [0.717, 1.165) is 0 Å². The van der Waals surface area contributed by atoms with Crippen LogP contribution in [0.15, 0.2) is 19.0 Å². The Bertz CT molecular complexity index is 469. The van der Waals surface area contributed by atoms with Gasteiger partial charge >= 0.3 is 7.12 Å². The summed E-state index contributed by atoms with van der Waals surface area (Å²) in [5.41, 5.74) is 0.468. The Morgan fingerprint density at radius 2 is 1.78 bits per heavy atom. The molecule has 1 N–H and O–H groups in total. The molecule has 96 valence electrons. The van der Waals surface area contributed by atoms with Gasteiger partial charge in [0.15, 0.2) is 0 Å². The SMILES string of the molecule is C=Cc1c(O)cncc1B1OC(C)(C)C(C)(C)O1. The van der Waals surface area contributed by atoms with Crippen LogP contribution in [-0.2, 0) is 9.31 Å². The first-order chi connectivity index (χ1) is 8.28. The van der Waals surface area contributed by atoms with Crippen molar-refractivity contribution in [3.8, 4) is 5.75 Å². The molecule has 0 unspecified atom stereocenters. The Morgan fingerprint density at radius 3 is 2.28 bits per heavy atom. The van der Waals surface area contributed by atoms with E-state index in [2.05, 4.69) is 11.6 Å². The molecule has 0 atom stereocenters. The highest BCUT2D eigenvalue weighted by atomic mass is 16.7. The highest BCUT2D eigenvalue weighted by Gasteiger charge is 2.52. The third-order valence-corrected chi connectivity index (χ3v) is 3.71. The first kappa shape index (κ1) is 13.1. The number of hydrogen-bond donors (Lipinski definition) is 1. The van der Waals surface area contributed by atoms with Gasteiger partial charge in [0.05, 0.1) is 17.4 Å². The predicted molar refractivity (Wildman–Crippen MR) is 71.7 cm³/mol. The van der Waals surface area contributed by atoms with Gasteiger partial charge in [0, 0.05) is 17.2 Å². The Morgan fingerprint density at radius 1 is 1.22 bits per heavy atom. The van der Waals surface area contributed by atoms with E-state index in [-0.39, 0.29) is 5.75 Å². The van der Waals surface area contributed by atoms with Crippen LogP contribution in [0.2, 0.25) is 0 Å². The molecule has 5 heteroatoms. The van der Waals surface area contributed by atoms with Crippen molar-refractivity contribution in [2.75, 3.05) is 0 Å². The molecular formula is C13H18BNO3. The van der Waals surface area contributed by atoms with Gasteiger partial charge in [0.25, 0.3) is 0 Å². The Labute approximate surface area is 108 Å². The highest BCUT2D eigenvalue weighted by molar-refractivity contribution is 6.63. The van der Waals surface area contributed by atoms with Crippen molar-refractivity contribution >= 4 is 18.7 Å². The van der Waals surface area contributed by atoms with Crippen molar-refractivity contribution in [1.29, 1.82) is 0 Å². The lowest BCUT2D eigenvalue weighted by Crippen LogP contribution is -2.41. The van der Waals surface area contributed by atoms with Crippen LogP contribution in [0.1, 0.15) is 33.3 Å². The van der Waals surface area contributed by atoms with Crippen molar-refractivity contribution in [3.05, 3.63) is 24.5 Å². The lowest BCUT2D eigenvalue weighted by molar-refractivity contribution is 0.00578. The molecule has 0 radical (unpaired) electrons. The number of aromatic nitrogens is 1. The van der Waals surface area contributed by atoms with E-state index in [4.69, 9.17) is 9.31 Å². The summed E-state index contributed by atoms with van der Waals surface area (Å²) < 4.78 is 11.9. The molecule has 0 saturated carbocycles. The standard InChI is InChI=1S/C13H18BNO3/c1-6-9-10(7-15-8-11(9)16)14-17-12(2,3)13(4,5)18-14/h6-8,16H,1H2,2-5H3. The van der Waals surface area contributed by atoms with Crippen LogP contribution in [0, 0.1) is 0 Å². The maximum atomic E-state index is 9.77. The number of aromatic hydroxyl groups is 1. The monoisotopic (exact) mass is 247 g/mol. The molecular weight excluding hydrogens is 229 g/mol. The van der Waals surface area contributed by atoms with Gasteiger partial charge < -0.3 is 14.4 Å². The van der Waals surface area contributed by atoms with E-state index >= 15 is 0 Å². The first-order valence-corrected chi connectivity index (χ1v) is 5.93. The normalized spacial score (nSPS) is 21.0. The van der Waals surface area contributed by atoms with Gasteiger partial charge in [0.2, 0.25) is 0 Å². The van der Waals surface area contributed by atoms with Gasteiger partial charge in [0.1, 0.15) is 5.75 Å². The van der Waals surface area contributed by atoms with Gasteiger partial charge in [-0.3, -0.25) is 4.98 Å². The van der Waals surface area contributed by atoms with Gasteiger partial charge in [-0.05, 0) is 27.7 Å². The zero-order chi connectivity index (χ0) is 13.6. The fourth-order valence-electron chi connectivity index (χ4n) is 1.86. The molecule has 1 fully saturated rings. The second-order valence-electron chi connectivity index (χ2n) is 5.45. The summed E-state index contributed by atoms with van der Waals surface area (Å²) >= 11 is 0. The van der Waals surface area contributed by atoms with Crippen LogP contribution in [0.25, 0.3) is 6.08 Å². The van der Waals surface area contributed by atoms with Crippen molar-refractivity contribution < 1.29 is 14.4 Å². The topological polar surface area (TPSA) is 51.6 Å². The largest absolute Gasteiger partial charge is 0.506 e. The molecule has 0 amide bonds. The molecule has 1 aromatic heterocycles. The van der Waals surface area contributed by atoms with E-state index in [1.807, 2.05) is 27.7 Å². The zero-order valence-electron chi connectivity index (χ0n) is 11.2. The number of hydrogen-bond acceptors (Lipinski definition) is 4. The molecule has 1 aliphatic heterocycles. The summed E-state index contributed by atoms with van der Waals surface area (Å²) in [7, 11) is -0.539. The fourth-order valence-corrected chi connectivity index (χ4v) is 1.86. The van der Waals surface area contributed by atoms with E-state index in [1.54, 1.807) is 12.3 Å². The van der Waals surface area contributed by atoms with E-state index in [1.165, 1.54) is 6.20 Å². The highest BCUT2D eigenvalue weighted by Crippen LogP contribution is 2.37. The summed E-state index contributed by atoms with van der Waals surface area (Å²) in [5.74, 6) is 0.0808. The van der Waals surface area contributed by atoms with E-state index < -0.39 is 18.3 Å². The molecule has 1 aromatic rings. The van der Waals surface area contributed by atoms with E-state index in [0.29, 0.717) is 11.0 Å². The molecule has 2 rings (SSSR count). The third-order valence-electron chi connectivity index (χ3n) is 3.71. The quantitative estimate of drug-likeness (QED) is 0.808. The second-order valence-corrected chi connectivity index (χ2v) is 5.45. The molecule has 0 aromatic carbocycles. The van der Waals surface area contributed by atoms with Gasteiger partial charge in [-0.25, -0.2) is 0 Å². The Balaban J connectivity index is 2.41. The van der Waals surface area contributed by atoms with Crippen molar-refractivity contribution in [2.45, 2.75) is 38.9 Å². The minimum Gasteiger partial charge on any atom is -0.506 e. The minimum atomic E-state index is -0.539. The maximum absolute atomic E-state index is 9.77. The van der Waals surface area contributed by atoms with Gasteiger partial charge in [-0.15, -0.1) is 0 Å². The fraction of sp³-hybridized carbons (Fsp3) is 0.462. The van der Waals surface area contributed by atoms with Crippen LogP contribution >= 0.6 is 0 Å². The summed E-state index contributed by atoms with van der Waals surface area (Å²) in [6.07, 6.45) is 4.60. The van der Waals surface area contributed by atoms with Crippen molar-refractivity contribution in [3.63, 3.8) is 0 Å². The maximum Gasteiger partial charge on any atom is 0.497 e. The summed E-state index contributed by atoms with van der Waals surface area (Å²) in [4.78, 5) is 3.98. The lowest BCUT2D eigenvalue weighted by atomic mass is 9.77. The Hall–Kier alpha value is -1.33. The average Bonchev–Trinajstić information content (AvgIpc) is 2.47. The molecule has 2 heterocycles. The van der Waals surface area contributed by atoms with Crippen LogP contribution < -0.4 is 5.46 Å². The minimum absolute atomic E-state index is 0.0808. The van der Waals surface area contributed by atoms with Crippen LogP contribution in [0.5, 0.6) is 5.75 Å². The lowest BCUT2D eigenvalue weighted by Gasteiger charge is -2.32. The smallest absolute Gasteiger partial charge is 0.497 e. The molecule has 1 aliphatic rings. The second kappa shape index (κ2) is 4.11. The molecule has 18 heavy (non-hydrogen) atoms. The Kier molecular flexibility index (Phi) is 2.99. The molecule has 0 bridgehead atoms. The van der Waals surface area contributed by atoms with Crippen LogP contribution in [0.3, 0.4) is 0 Å². The summed E-state index contributed by atoms with van der Waals surface area (Å²) in [5, 5.41) is 9.77. The summed E-state index contributed by atoms with van der Waals surface area (Å²) in [6.45, 7) is 11.6. The van der Waals surface area contributed by atoms with Gasteiger partial charge in [-0.2, -0.15) is 0 Å². The predicted octanol–water partition coefficient (Wildman–Crippen LogP) is 1.73. The molecule has 4 nitrogen and oxygen atoms in total. The average molecular weight is 247 g/mol. The number of rotatable bonds is 2. The molecule has 0 aliphatic carbocycles. The molecule has 0 spiro atoms. The first-order valence-electron chi connectivity index (χ1n) is 5.93.